The van der Waals surface area contributed by atoms with Crippen molar-refractivity contribution in [1.29, 1.82) is 0 Å². The molecule has 0 saturated carbocycles. The number of hydrogen-bond acceptors (Lipinski definition) is 5. The number of carbonyl (C=O) groups is 2. The number of methoxy groups -OCH3 is 1. The molecule has 2 aromatic rings. The van der Waals surface area contributed by atoms with Gasteiger partial charge in [0, 0.05) is 6.54 Å². The number of carbonyl (C=O) groups excluding carboxylic acids is 2. The molecule has 26 heavy (non-hydrogen) atoms. The number of benzene rings is 1. The SMILES string of the molecule is COC(=O)c1ccc(Cl)c(Nc2ccc(C(=O)NCCC(C)C)nc2)c1. The largest absolute Gasteiger partial charge is 0.465 e. The topological polar surface area (TPSA) is 80.3 Å². The van der Waals surface area contributed by atoms with Gasteiger partial charge in [-0.25, -0.2) is 9.78 Å². The standard InChI is InChI=1S/C19H22ClN3O3/c1-12(2)8-9-21-18(24)16-7-5-14(11-22-16)23-17-10-13(19(25)26-3)4-6-15(17)20/h4-7,10-12,23H,8-9H2,1-3H3,(H,21,24). The number of nitrogens with zero attached hydrogens (tertiary/aromatic N) is 1. The summed E-state index contributed by atoms with van der Waals surface area (Å²) in [6.45, 7) is 4.82. The summed E-state index contributed by atoms with van der Waals surface area (Å²) in [5, 5.41) is 6.37. The maximum atomic E-state index is 12.0. The van der Waals surface area contributed by atoms with Gasteiger partial charge in [0.05, 0.1) is 35.3 Å². The molecule has 0 bridgehead atoms. The van der Waals surface area contributed by atoms with Crippen molar-refractivity contribution in [3.63, 3.8) is 0 Å². The Bertz CT molecular complexity index is 776. The van der Waals surface area contributed by atoms with Gasteiger partial charge in [-0.15, -0.1) is 0 Å². The molecule has 0 spiro atoms. The Balaban J connectivity index is 2.05. The van der Waals surface area contributed by atoms with E-state index >= 15 is 0 Å². The predicted molar refractivity (Wildman–Crippen MR) is 102 cm³/mol. The van der Waals surface area contributed by atoms with Crippen LogP contribution in [0.2, 0.25) is 5.02 Å². The van der Waals surface area contributed by atoms with Crippen LogP contribution in [0.3, 0.4) is 0 Å². The number of anilines is 2. The molecule has 0 saturated heterocycles. The lowest BCUT2D eigenvalue weighted by atomic mass is 10.1. The maximum absolute atomic E-state index is 12.0. The molecular weight excluding hydrogens is 354 g/mol. The van der Waals surface area contributed by atoms with E-state index < -0.39 is 5.97 Å². The van der Waals surface area contributed by atoms with E-state index in [0.717, 1.165) is 6.42 Å². The highest BCUT2D eigenvalue weighted by Crippen LogP contribution is 2.26. The van der Waals surface area contributed by atoms with Gasteiger partial charge in [-0.3, -0.25) is 4.79 Å². The number of aromatic nitrogens is 1. The number of ether oxygens (including phenoxy) is 1. The fourth-order valence-electron chi connectivity index (χ4n) is 2.19. The van der Waals surface area contributed by atoms with Crippen molar-refractivity contribution >= 4 is 34.9 Å². The molecule has 0 atom stereocenters. The molecule has 7 heteroatoms. The summed E-state index contributed by atoms with van der Waals surface area (Å²) in [5.41, 5.74) is 1.92. The van der Waals surface area contributed by atoms with E-state index in [4.69, 9.17) is 16.3 Å². The molecule has 2 rings (SSSR count). The Morgan fingerprint density at radius 1 is 1.23 bits per heavy atom. The van der Waals surface area contributed by atoms with Crippen LogP contribution < -0.4 is 10.6 Å². The zero-order valence-corrected chi connectivity index (χ0v) is 15.8. The van der Waals surface area contributed by atoms with Crippen molar-refractivity contribution in [3.05, 3.63) is 52.8 Å². The van der Waals surface area contributed by atoms with Crippen LogP contribution in [0.4, 0.5) is 11.4 Å². The van der Waals surface area contributed by atoms with E-state index in [9.17, 15) is 9.59 Å². The molecule has 0 radical (unpaired) electrons. The average Bonchev–Trinajstić information content (AvgIpc) is 2.63. The summed E-state index contributed by atoms with van der Waals surface area (Å²) in [6.07, 6.45) is 2.46. The van der Waals surface area contributed by atoms with E-state index in [-0.39, 0.29) is 5.91 Å². The van der Waals surface area contributed by atoms with Crippen LogP contribution in [0.25, 0.3) is 0 Å². The Labute approximate surface area is 157 Å². The number of hydrogen-bond donors (Lipinski definition) is 2. The van der Waals surface area contributed by atoms with Crippen LogP contribution in [-0.4, -0.2) is 30.5 Å². The van der Waals surface area contributed by atoms with E-state index in [2.05, 4.69) is 29.5 Å². The molecule has 1 aromatic heterocycles. The Hall–Kier alpha value is -2.60. The van der Waals surface area contributed by atoms with Crippen molar-refractivity contribution in [1.82, 2.24) is 10.3 Å². The van der Waals surface area contributed by atoms with Gasteiger partial charge in [-0.05, 0) is 42.7 Å². The summed E-state index contributed by atoms with van der Waals surface area (Å²) < 4.78 is 4.70. The zero-order valence-electron chi connectivity index (χ0n) is 15.0. The lowest BCUT2D eigenvalue weighted by Gasteiger charge is -2.10. The third-order valence-corrected chi connectivity index (χ3v) is 4.00. The number of amides is 1. The monoisotopic (exact) mass is 375 g/mol. The predicted octanol–water partition coefficient (Wildman–Crippen LogP) is 4.04. The minimum absolute atomic E-state index is 0.206. The maximum Gasteiger partial charge on any atom is 0.337 e. The third-order valence-electron chi connectivity index (χ3n) is 3.67. The number of pyridine rings is 1. The van der Waals surface area contributed by atoms with Crippen molar-refractivity contribution < 1.29 is 14.3 Å². The number of rotatable bonds is 7. The molecule has 2 N–H and O–H groups in total. The Kier molecular flexibility index (Phi) is 6.97. The highest BCUT2D eigenvalue weighted by Gasteiger charge is 2.10. The lowest BCUT2D eigenvalue weighted by Crippen LogP contribution is -2.26. The minimum atomic E-state index is -0.448. The number of nitrogens with one attached hydrogen (secondary N) is 2. The number of halogens is 1. The van der Waals surface area contributed by atoms with E-state index in [1.807, 2.05) is 0 Å². The molecular formula is C19H22ClN3O3. The van der Waals surface area contributed by atoms with Gasteiger partial charge >= 0.3 is 5.97 Å². The van der Waals surface area contributed by atoms with Gasteiger partial charge < -0.3 is 15.4 Å². The lowest BCUT2D eigenvalue weighted by molar-refractivity contribution is 0.0600. The van der Waals surface area contributed by atoms with Crippen LogP contribution in [0.1, 0.15) is 41.1 Å². The number of esters is 1. The van der Waals surface area contributed by atoms with Gasteiger partial charge in [0.2, 0.25) is 0 Å². The minimum Gasteiger partial charge on any atom is -0.465 e. The second-order valence-electron chi connectivity index (χ2n) is 6.18. The first kappa shape index (κ1) is 19.7. The Morgan fingerprint density at radius 2 is 2.00 bits per heavy atom. The molecule has 0 aliphatic rings. The first-order valence-electron chi connectivity index (χ1n) is 8.30. The third kappa shape index (κ3) is 5.46. The molecule has 0 fully saturated rings. The molecule has 0 aliphatic heterocycles. The van der Waals surface area contributed by atoms with Crippen LogP contribution in [0.5, 0.6) is 0 Å². The quantitative estimate of drug-likeness (QED) is 0.714. The zero-order chi connectivity index (χ0) is 19.1. The van der Waals surface area contributed by atoms with Gasteiger partial charge in [-0.2, -0.15) is 0 Å². The molecule has 1 amide bonds. The second kappa shape index (κ2) is 9.20. The first-order valence-corrected chi connectivity index (χ1v) is 8.67. The van der Waals surface area contributed by atoms with Crippen LogP contribution in [0, 0.1) is 5.92 Å². The fraction of sp³-hybridized carbons (Fsp3) is 0.316. The first-order chi connectivity index (χ1) is 12.4. The Morgan fingerprint density at radius 3 is 2.62 bits per heavy atom. The van der Waals surface area contributed by atoms with Crippen LogP contribution >= 0.6 is 11.6 Å². The van der Waals surface area contributed by atoms with Gasteiger partial charge in [0.15, 0.2) is 0 Å². The van der Waals surface area contributed by atoms with Gasteiger partial charge in [0.25, 0.3) is 5.91 Å². The van der Waals surface area contributed by atoms with Crippen LogP contribution in [0.15, 0.2) is 36.5 Å². The summed E-state index contributed by atoms with van der Waals surface area (Å²) in [4.78, 5) is 27.8. The second-order valence-corrected chi connectivity index (χ2v) is 6.59. The van der Waals surface area contributed by atoms with Gasteiger partial charge in [-0.1, -0.05) is 25.4 Å². The molecule has 1 heterocycles. The summed E-state index contributed by atoms with van der Waals surface area (Å²) in [6, 6.07) is 8.15. The van der Waals surface area contributed by atoms with Crippen molar-refractivity contribution in [3.8, 4) is 0 Å². The molecule has 0 unspecified atom stereocenters. The highest BCUT2D eigenvalue weighted by molar-refractivity contribution is 6.33. The van der Waals surface area contributed by atoms with E-state index in [1.165, 1.54) is 7.11 Å². The molecule has 6 nitrogen and oxygen atoms in total. The van der Waals surface area contributed by atoms with E-state index in [1.54, 1.807) is 36.5 Å². The summed E-state index contributed by atoms with van der Waals surface area (Å²) >= 11 is 6.16. The highest BCUT2D eigenvalue weighted by atomic mass is 35.5. The van der Waals surface area contributed by atoms with Gasteiger partial charge in [0.1, 0.15) is 5.69 Å². The molecule has 0 aliphatic carbocycles. The van der Waals surface area contributed by atoms with Crippen molar-refractivity contribution in [2.75, 3.05) is 19.0 Å². The van der Waals surface area contributed by atoms with Crippen molar-refractivity contribution in [2.45, 2.75) is 20.3 Å². The summed E-state index contributed by atoms with van der Waals surface area (Å²) in [5.74, 6) is -0.125. The van der Waals surface area contributed by atoms with Crippen LogP contribution in [-0.2, 0) is 4.74 Å². The molecule has 138 valence electrons. The smallest absolute Gasteiger partial charge is 0.337 e. The molecule has 1 aromatic carbocycles. The summed E-state index contributed by atoms with van der Waals surface area (Å²) in [7, 11) is 1.32. The average molecular weight is 376 g/mol. The normalized spacial score (nSPS) is 10.5. The van der Waals surface area contributed by atoms with E-state index in [0.29, 0.717) is 40.1 Å². The fourth-order valence-corrected chi connectivity index (χ4v) is 2.35. The van der Waals surface area contributed by atoms with Crippen molar-refractivity contribution in [2.24, 2.45) is 5.92 Å².